The molecule has 4 nitrogen and oxygen atoms in total. The molecule has 0 saturated heterocycles. The smallest absolute Gasteiger partial charge is 0.337 e. The molecular formula is C19H22O4. The molecular weight excluding hydrogens is 292 g/mol. The van der Waals surface area contributed by atoms with Crippen LogP contribution in [-0.2, 0) is 11.3 Å². The quantitative estimate of drug-likeness (QED) is 0.540. The van der Waals surface area contributed by atoms with Gasteiger partial charge in [-0.3, -0.25) is 0 Å². The molecule has 2 rings (SSSR count). The van der Waals surface area contributed by atoms with E-state index in [1.807, 2.05) is 36.4 Å². The largest absolute Gasteiger partial charge is 0.494 e. The third-order valence-corrected chi connectivity index (χ3v) is 3.37. The van der Waals surface area contributed by atoms with Crippen molar-refractivity contribution in [3.05, 3.63) is 59.7 Å². The number of carbonyl (C=O) groups is 1. The van der Waals surface area contributed by atoms with Crippen molar-refractivity contribution in [2.75, 3.05) is 13.7 Å². The first kappa shape index (κ1) is 16.9. The third kappa shape index (κ3) is 5.33. The predicted octanol–water partition coefficient (Wildman–Crippen LogP) is 4.23. The van der Waals surface area contributed by atoms with E-state index in [4.69, 9.17) is 9.47 Å². The molecule has 0 aromatic heterocycles. The average Bonchev–Trinajstić information content (AvgIpc) is 2.61. The van der Waals surface area contributed by atoms with Crippen LogP contribution in [0.3, 0.4) is 0 Å². The molecule has 0 aliphatic carbocycles. The van der Waals surface area contributed by atoms with Gasteiger partial charge in [-0.05, 0) is 48.4 Å². The number of rotatable bonds is 8. The van der Waals surface area contributed by atoms with E-state index in [-0.39, 0.29) is 5.97 Å². The molecule has 0 unspecified atom stereocenters. The van der Waals surface area contributed by atoms with Gasteiger partial charge in [-0.25, -0.2) is 4.79 Å². The highest BCUT2D eigenvalue weighted by molar-refractivity contribution is 5.89. The zero-order valence-corrected chi connectivity index (χ0v) is 13.6. The van der Waals surface area contributed by atoms with Gasteiger partial charge in [0.15, 0.2) is 0 Å². The minimum absolute atomic E-state index is 0.337. The van der Waals surface area contributed by atoms with Crippen LogP contribution >= 0.6 is 0 Å². The van der Waals surface area contributed by atoms with Crippen LogP contribution in [-0.4, -0.2) is 19.7 Å². The van der Waals surface area contributed by atoms with Gasteiger partial charge in [-0.2, -0.15) is 0 Å². The summed E-state index contributed by atoms with van der Waals surface area (Å²) in [5, 5.41) is 0. The second kappa shape index (κ2) is 8.83. The minimum atomic E-state index is -0.337. The second-order valence-corrected chi connectivity index (χ2v) is 5.15. The monoisotopic (exact) mass is 314 g/mol. The van der Waals surface area contributed by atoms with E-state index < -0.39 is 0 Å². The Labute approximate surface area is 137 Å². The van der Waals surface area contributed by atoms with E-state index in [0.717, 1.165) is 36.5 Å². The van der Waals surface area contributed by atoms with Crippen molar-refractivity contribution in [2.45, 2.75) is 26.4 Å². The average molecular weight is 314 g/mol. The molecule has 0 amide bonds. The Hall–Kier alpha value is -2.49. The van der Waals surface area contributed by atoms with Crippen LogP contribution < -0.4 is 9.47 Å². The summed E-state index contributed by atoms with van der Waals surface area (Å²) in [4.78, 5) is 11.4. The normalized spacial score (nSPS) is 10.2. The first-order chi connectivity index (χ1) is 11.2. The van der Waals surface area contributed by atoms with Gasteiger partial charge in [0.25, 0.3) is 0 Å². The Morgan fingerprint density at radius 2 is 1.52 bits per heavy atom. The standard InChI is InChI=1S/C19H22O4/c1-3-4-13-22-17-9-11-18(12-10-17)23-14-15-5-7-16(8-6-15)19(20)21-2/h5-12H,3-4,13-14H2,1-2H3. The van der Waals surface area contributed by atoms with Crippen molar-refractivity contribution in [1.82, 2.24) is 0 Å². The lowest BCUT2D eigenvalue weighted by Gasteiger charge is -2.09. The Morgan fingerprint density at radius 3 is 2.09 bits per heavy atom. The molecule has 0 aliphatic rings. The Morgan fingerprint density at radius 1 is 0.913 bits per heavy atom. The second-order valence-electron chi connectivity index (χ2n) is 5.15. The van der Waals surface area contributed by atoms with Gasteiger partial charge in [0.05, 0.1) is 19.3 Å². The Kier molecular flexibility index (Phi) is 6.48. The van der Waals surface area contributed by atoms with Crippen molar-refractivity contribution < 1.29 is 19.0 Å². The van der Waals surface area contributed by atoms with Crippen LogP contribution in [0.25, 0.3) is 0 Å². The van der Waals surface area contributed by atoms with Gasteiger partial charge >= 0.3 is 5.97 Å². The highest BCUT2D eigenvalue weighted by atomic mass is 16.5. The maximum absolute atomic E-state index is 11.4. The highest BCUT2D eigenvalue weighted by Crippen LogP contribution is 2.19. The summed E-state index contributed by atoms with van der Waals surface area (Å²) in [6.45, 7) is 3.32. The molecule has 0 radical (unpaired) electrons. The number of carbonyl (C=O) groups excluding carboxylic acids is 1. The first-order valence-corrected chi connectivity index (χ1v) is 7.76. The zero-order valence-electron chi connectivity index (χ0n) is 13.6. The van der Waals surface area contributed by atoms with Crippen LogP contribution in [0.5, 0.6) is 11.5 Å². The molecule has 0 fully saturated rings. The summed E-state index contributed by atoms with van der Waals surface area (Å²) < 4.78 is 16.0. The fourth-order valence-electron chi connectivity index (χ4n) is 1.99. The van der Waals surface area contributed by atoms with Crippen LogP contribution in [0.4, 0.5) is 0 Å². The lowest BCUT2D eigenvalue weighted by molar-refractivity contribution is 0.0600. The number of methoxy groups -OCH3 is 1. The maximum Gasteiger partial charge on any atom is 0.337 e. The van der Waals surface area contributed by atoms with Crippen LogP contribution in [0.15, 0.2) is 48.5 Å². The summed E-state index contributed by atoms with van der Waals surface area (Å²) in [5.74, 6) is 1.30. The fourth-order valence-corrected chi connectivity index (χ4v) is 1.99. The van der Waals surface area contributed by atoms with Crippen molar-refractivity contribution >= 4 is 5.97 Å². The number of unbranched alkanes of at least 4 members (excludes halogenated alkanes) is 1. The third-order valence-electron chi connectivity index (χ3n) is 3.37. The van der Waals surface area contributed by atoms with Crippen molar-refractivity contribution in [3.8, 4) is 11.5 Å². The van der Waals surface area contributed by atoms with Gasteiger partial charge in [-0.15, -0.1) is 0 Å². The molecule has 0 atom stereocenters. The Bertz CT molecular complexity index is 602. The van der Waals surface area contributed by atoms with Gasteiger partial charge in [-0.1, -0.05) is 25.5 Å². The van der Waals surface area contributed by atoms with Gasteiger partial charge in [0, 0.05) is 0 Å². The molecule has 0 saturated carbocycles. The van der Waals surface area contributed by atoms with Crippen LogP contribution in [0, 0.1) is 0 Å². The number of ether oxygens (including phenoxy) is 3. The number of hydrogen-bond acceptors (Lipinski definition) is 4. The number of benzene rings is 2. The summed E-state index contributed by atoms with van der Waals surface area (Å²) in [6, 6.07) is 14.8. The van der Waals surface area contributed by atoms with E-state index in [2.05, 4.69) is 11.7 Å². The van der Waals surface area contributed by atoms with Gasteiger partial charge < -0.3 is 14.2 Å². The molecule has 2 aromatic rings. The summed E-state index contributed by atoms with van der Waals surface area (Å²) >= 11 is 0. The lowest BCUT2D eigenvalue weighted by atomic mass is 10.1. The molecule has 0 heterocycles. The van der Waals surface area contributed by atoms with E-state index in [1.165, 1.54) is 7.11 Å². The zero-order chi connectivity index (χ0) is 16.5. The van der Waals surface area contributed by atoms with E-state index in [1.54, 1.807) is 12.1 Å². The maximum atomic E-state index is 11.4. The summed E-state index contributed by atoms with van der Waals surface area (Å²) in [6.07, 6.45) is 2.18. The first-order valence-electron chi connectivity index (χ1n) is 7.76. The molecule has 23 heavy (non-hydrogen) atoms. The molecule has 0 spiro atoms. The topological polar surface area (TPSA) is 44.8 Å². The minimum Gasteiger partial charge on any atom is -0.494 e. The van der Waals surface area contributed by atoms with Crippen molar-refractivity contribution in [2.24, 2.45) is 0 Å². The number of hydrogen-bond donors (Lipinski definition) is 0. The molecule has 0 aliphatic heterocycles. The van der Waals surface area contributed by atoms with Crippen LogP contribution in [0.1, 0.15) is 35.7 Å². The SMILES string of the molecule is CCCCOc1ccc(OCc2ccc(C(=O)OC)cc2)cc1. The Balaban J connectivity index is 1.84. The summed E-state index contributed by atoms with van der Waals surface area (Å²) in [7, 11) is 1.37. The van der Waals surface area contributed by atoms with Gasteiger partial charge in [0.2, 0.25) is 0 Å². The van der Waals surface area contributed by atoms with E-state index >= 15 is 0 Å². The fraction of sp³-hybridized carbons (Fsp3) is 0.316. The molecule has 0 bridgehead atoms. The molecule has 122 valence electrons. The number of esters is 1. The predicted molar refractivity (Wildman–Crippen MR) is 89.0 cm³/mol. The van der Waals surface area contributed by atoms with E-state index in [9.17, 15) is 4.79 Å². The van der Waals surface area contributed by atoms with Crippen molar-refractivity contribution in [3.63, 3.8) is 0 Å². The molecule has 4 heteroatoms. The molecule has 0 N–H and O–H groups in total. The summed E-state index contributed by atoms with van der Waals surface area (Å²) in [5.41, 5.74) is 1.52. The highest BCUT2D eigenvalue weighted by Gasteiger charge is 2.04. The van der Waals surface area contributed by atoms with Crippen LogP contribution in [0.2, 0.25) is 0 Å². The molecule has 2 aromatic carbocycles. The van der Waals surface area contributed by atoms with E-state index in [0.29, 0.717) is 12.2 Å². The van der Waals surface area contributed by atoms with Gasteiger partial charge in [0.1, 0.15) is 18.1 Å². The lowest BCUT2D eigenvalue weighted by Crippen LogP contribution is -2.02. The van der Waals surface area contributed by atoms with Crippen molar-refractivity contribution in [1.29, 1.82) is 0 Å².